The lowest BCUT2D eigenvalue weighted by Crippen LogP contribution is -2.54. The standard InChI is InChI=1S/C52H61F2N11O3/c53-42-9-8-35(65-36-6-7-37(65)30-62(29-36)46-26-44(58-59-49(46)55)39-2-1-3-43(54)48(39)67)25-45(42)61-19-12-32(13-20-61)28-60-22-17-52(18-23-60)15-10-34(11-16-52)64-31-41(33-4-5-33)40-24-38(27-56-50(40)64)63-21-14-47(66)57-51(63)68/h1-3,8-9,24-27,31-34,36-37,67H,4-7,10-23,28-30H2,(H2,55,59)(H,57,66,68). The highest BCUT2D eigenvalue weighted by Crippen LogP contribution is 2.51. The molecule has 1 spiro atoms. The molecule has 7 aliphatic rings. The second-order valence-corrected chi connectivity index (χ2v) is 21.0. The summed E-state index contributed by atoms with van der Waals surface area (Å²) < 4.78 is 32.3. The van der Waals surface area contributed by atoms with Gasteiger partial charge in [-0.25, -0.2) is 18.6 Å². The van der Waals surface area contributed by atoms with Gasteiger partial charge in [0.05, 0.1) is 29.0 Å². The van der Waals surface area contributed by atoms with Crippen LogP contribution < -0.4 is 30.7 Å². The molecule has 356 valence electrons. The second-order valence-electron chi connectivity index (χ2n) is 21.0. The molecule has 12 rings (SSSR count). The number of nitrogens with one attached hydrogen (secondary N) is 1. The topological polar surface area (TPSA) is 152 Å². The van der Waals surface area contributed by atoms with E-state index in [4.69, 9.17) is 10.7 Å². The average molecular weight is 926 g/mol. The fourth-order valence-corrected chi connectivity index (χ4v) is 12.9. The Kier molecular flexibility index (Phi) is 10.9. The van der Waals surface area contributed by atoms with Crippen molar-refractivity contribution in [2.45, 2.75) is 108 Å². The number of nitrogens with zero attached hydrogens (tertiary/aromatic N) is 9. The number of carbonyl (C=O) groups excluding carboxylic acids is 2. The third-order valence-corrected chi connectivity index (χ3v) is 17.0. The van der Waals surface area contributed by atoms with Crippen LogP contribution in [0.3, 0.4) is 0 Å². The van der Waals surface area contributed by atoms with Crippen LogP contribution in [-0.4, -0.2) is 106 Å². The number of piperidine rings is 2. The first-order valence-electron chi connectivity index (χ1n) is 25.1. The van der Waals surface area contributed by atoms with E-state index in [2.05, 4.69) is 58.0 Å². The number of rotatable bonds is 9. The van der Waals surface area contributed by atoms with Gasteiger partial charge in [-0.15, -0.1) is 10.2 Å². The molecule has 2 unspecified atom stereocenters. The van der Waals surface area contributed by atoms with Crippen molar-refractivity contribution in [1.29, 1.82) is 0 Å². The van der Waals surface area contributed by atoms with Crippen LogP contribution in [0.25, 0.3) is 22.3 Å². The minimum Gasteiger partial charge on any atom is -0.504 e. The number of carbonyl (C=O) groups is 2. The molecule has 16 heteroatoms. The van der Waals surface area contributed by atoms with Crippen molar-refractivity contribution in [2.24, 2.45) is 11.3 Å². The van der Waals surface area contributed by atoms with Crippen molar-refractivity contribution >= 4 is 51.5 Å². The monoisotopic (exact) mass is 925 g/mol. The number of aromatic nitrogens is 4. The number of piperazine rings is 1. The fraction of sp³-hybridized carbons (Fsp3) is 0.519. The van der Waals surface area contributed by atoms with Gasteiger partial charge < -0.3 is 35.0 Å². The van der Waals surface area contributed by atoms with E-state index in [0.717, 1.165) is 99.3 Å². The predicted octanol–water partition coefficient (Wildman–Crippen LogP) is 8.35. The zero-order valence-corrected chi connectivity index (χ0v) is 38.6. The first-order chi connectivity index (χ1) is 33.1. The summed E-state index contributed by atoms with van der Waals surface area (Å²) in [6.07, 6.45) is 18.3. The normalized spacial score (nSPS) is 23.9. The highest BCUT2D eigenvalue weighted by molar-refractivity contribution is 6.06. The van der Waals surface area contributed by atoms with Crippen molar-refractivity contribution in [1.82, 2.24) is 30.0 Å². The number of phenols is 1. The Bertz CT molecular complexity index is 2740. The molecule has 7 fully saturated rings. The number of para-hydroxylation sites is 1. The van der Waals surface area contributed by atoms with Gasteiger partial charge in [0.1, 0.15) is 11.5 Å². The van der Waals surface area contributed by atoms with Gasteiger partial charge in [-0.1, -0.05) is 6.07 Å². The van der Waals surface area contributed by atoms with E-state index < -0.39 is 11.6 Å². The van der Waals surface area contributed by atoms with Crippen LogP contribution in [0, 0.1) is 23.0 Å². The SMILES string of the molecule is Nc1nnc(-c2cccc(F)c2O)cc1N1CC2CCC(C1)N2c1ccc(F)c(N2CCC(CN3CCC4(CCC(n5cc(C6CC6)c6cc(N7CCC(=O)NC7=O)cnc65)CC4)CC3)CC2)c1. The van der Waals surface area contributed by atoms with Crippen molar-refractivity contribution in [2.75, 3.05) is 77.7 Å². The van der Waals surface area contributed by atoms with Crippen molar-refractivity contribution in [3.63, 3.8) is 0 Å². The van der Waals surface area contributed by atoms with Gasteiger partial charge in [-0.05, 0) is 155 Å². The van der Waals surface area contributed by atoms with Gasteiger partial charge in [-0.3, -0.25) is 15.0 Å². The van der Waals surface area contributed by atoms with Gasteiger partial charge in [0.25, 0.3) is 0 Å². The number of amides is 3. The number of fused-ring (bicyclic) bond motifs is 3. The van der Waals surface area contributed by atoms with Crippen LogP contribution in [0.5, 0.6) is 5.75 Å². The van der Waals surface area contributed by atoms with E-state index in [1.807, 2.05) is 12.3 Å². The number of phenolic OH excluding ortho intramolecular Hbond substituents is 1. The van der Waals surface area contributed by atoms with Crippen LogP contribution in [0.1, 0.15) is 101 Å². The Morgan fingerprint density at radius 3 is 2.26 bits per heavy atom. The molecule has 68 heavy (non-hydrogen) atoms. The summed E-state index contributed by atoms with van der Waals surface area (Å²) in [5, 5.41) is 22.4. The molecule has 5 aromatic rings. The number of imide groups is 1. The summed E-state index contributed by atoms with van der Waals surface area (Å²) in [5.74, 6) is -0.110. The summed E-state index contributed by atoms with van der Waals surface area (Å²) in [5.41, 5.74) is 13.0. The zero-order valence-electron chi connectivity index (χ0n) is 38.6. The quantitative estimate of drug-likeness (QED) is 0.131. The Morgan fingerprint density at radius 1 is 0.765 bits per heavy atom. The Balaban J connectivity index is 0.638. The van der Waals surface area contributed by atoms with Gasteiger partial charge >= 0.3 is 6.03 Å². The highest BCUT2D eigenvalue weighted by Gasteiger charge is 2.43. The molecule has 2 atom stereocenters. The summed E-state index contributed by atoms with van der Waals surface area (Å²) in [7, 11) is 0. The maximum absolute atomic E-state index is 15.7. The lowest BCUT2D eigenvalue weighted by atomic mass is 9.67. The van der Waals surface area contributed by atoms with Crippen molar-refractivity contribution in [3.8, 4) is 17.0 Å². The van der Waals surface area contributed by atoms with E-state index >= 15 is 4.39 Å². The maximum atomic E-state index is 15.7. The second kappa shape index (κ2) is 17.2. The summed E-state index contributed by atoms with van der Waals surface area (Å²) in [4.78, 5) is 40.7. The number of anilines is 5. The number of nitrogen functional groups attached to an aromatic ring is 1. The number of benzene rings is 2. The maximum Gasteiger partial charge on any atom is 0.328 e. The Hall–Kier alpha value is -6.03. The van der Waals surface area contributed by atoms with E-state index in [9.17, 15) is 19.1 Å². The number of halogens is 2. The molecule has 0 radical (unpaired) electrons. The van der Waals surface area contributed by atoms with Gasteiger partial charge in [-0.2, -0.15) is 0 Å². The van der Waals surface area contributed by atoms with E-state index in [1.165, 1.54) is 56.2 Å². The molecule has 14 nitrogen and oxygen atoms in total. The largest absolute Gasteiger partial charge is 0.504 e. The number of nitrogens with two attached hydrogens (primary N) is 1. The lowest BCUT2D eigenvalue weighted by molar-refractivity contribution is -0.120. The molecule has 8 heterocycles. The molecule has 3 amide bonds. The van der Waals surface area contributed by atoms with Crippen LogP contribution in [0.2, 0.25) is 0 Å². The smallest absolute Gasteiger partial charge is 0.328 e. The molecule has 2 aromatic carbocycles. The van der Waals surface area contributed by atoms with Gasteiger partial charge in [0, 0.05) is 86.6 Å². The van der Waals surface area contributed by atoms with Gasteiger partial charge in [0.15, 0.2) is 17.4 Å². The molecular weight excluding hydrogens is 865 g/mol. The number of pyridine rings is 1. The van der Waals surface area contributed by atoms with Crippen LogP contribution in [0.15, 0.2) is 60.9 Å². The predicted molar refractivity (Wildman–Crippen MR) is 259 cm³/mol. The molecule has 2 aliphatic carbocycles. The number of likely N-dealkylation sites (tertiary alicyclic amines) is 1. The van der Waals surface area contributed by atoms with Gasteiger partial charge in [0.2, 0.25) is 5.91 Å². The first-order valence-corrected chi connectivity index (χ1v) is 25.1. The molecular formula is C52H61F2N11O3. The number of hydrogen-bond acceptors (Lipinski definition) is 11. The molecule has 4 N–H and O–H groups in total. The number of urea groups is 1. The summed E-state index contributed by atoms with van der Waals surface area (Å²) >= 11 is 0. The lowest BCUT2D eigenvalue weighted by Gasteiger charge is -2.47. The molecule has 5 saturated heterocycles. The Morgan fingerprint density at radius 2 is 1.53 bits per heavy atom. The highest BCUT2D eigenvalue weighted by atomic mass is 19.1. The molecule has 3 aromatic heterocycles. The van der Waals surface area contributed by atoms with E-state index in [0.29, 0.717) is 66.5 Å². The van der Waals surface area contributed by atoms with Crippen molar-refractivity contribution < 1.29 is 23.5 Å². The molecule has 2 saturated carbocycles. The van der Waals surface area contributed by atoms with E-state index in [-0.39, 0.29) is 35.4 Å². The van der Waals surface area contributed by atoms with Crippen molar-refractivity contribution in [3.05, 3.63) is 78.1 Å². The van der Waals surface area contributed by atoms with Crippen LogP contribution in [-0.2, 0) is 4.79 Å². The summed E-state index contributed by atoms with van der Waals surface area (Å²) in [6, 6.07) is 14.4. The Labute approximate surface area is 395 Å². The summed E-state index contributed by atoms with van der Waals surface area (Å²) in [6.45, 7) is 6.91. The number of aromatic hydroxyl groups is 1. The molecule has 5 aliphatic heterocycles. The third kappa shape index (κ3) is 7.95. The third-order valence-electron chi connectivity index (χ3n) is 17.0. The average Bonchev–Trinajstić information content (AvgIpc) is 4.07. The van der Waals surface area contributed by atoms with E-state index in [1.54, 1.807) is 23.1 Å². The number of hydrogen-bond donors (Lipinski definition) is 3. The first kappa shape index (κ1) is 43.3. The van der Waals surface area contributed by atoms with Crippen LogP contribution in [0.4, 0.5) is 42.1 Å². The minimum atomic E-state index is -0.714. The zero-order chi connectivity index (χ0) is 46.3. The fourth-order valence-electron chi connectivity index (χ4n) is 12.9. The minimum absolute atomic E-state index is 0.167. The molecule has 2 bridgehead atoms. The van der Waals surface area contributed by atoms with Crippen LogP contribution >= 0.6 is 0 Å².